The molecule has 1 fully saturated rings. The van der Waals surface area contributed by atoms with E-state index in [4.69, 9.17) is 16.2 Å². The van der Waals surface area contributed by atoms with Crippen molar-refractivity contribution < 1.29 is 9.53 Å². The van der Waals surface area contributed by atoms with Gasteiger partial charge >= 0.3 is 0 Å². The maximum Gasteiger partial charge on any atom is 0.242 e. The first-order chi connectivity index (χ1) is 8.09. The highest BCUT2D eigenvalue weighted by molar-refractivity contribution is 14.1. The molecule has 1 aliphatic heterocycles. The molecule has 1 heterocycles. The third-order valence-corrected chi connectivity index (χ3v) is 3.60. The van der Waals surface area contributed by atoms with E-state index in [1.165, 1.54) is 0 Å². The summed E-state index contributed by atoms with van der Waals surface area (Å²) in [5, 5.41) is 0. The number of hydrogen-bond acceptors (Lipinski definition) is 4. The number of halogens is 1. The van der Waals surface area contributed by atoms with Crippen molar-refractivity contribution in [2.75, 3.05) is 30.4 Å². The van der Waals surface area contributed by atoms with Crippen LogP contribution in [0.1, 0.15) is 0 Å². The van der Waals surface area contributed by atoms with Crippen LogP contribution < -0.4 is 16.4 Å². The second-order valence-corrected chi connectivity index (χ2v) is 5.06. The maximum absolute atomic E-state index is 11.4. The van der Waals surface area contributed by atoms with Gasteiger partial charge in [-0.2, -0.15) is 0 Å². The summed E-state index contributed by atoms with van der Waals surface area (Å²) in [6, 6.07) is 5.22. The molecule has 0 aromatic heterocycles. The van der Waals surface area contributed by atoms with E-state index in [-0.39, 0.29) is 5.91 Å². The summed E-state index contributed by atoms with van der Waals surface area (Å²) >= 11 is 2.21. The van der Waals surface area contributed by atoms with Crippen molar-refractivity contribution in [2.45, 2.75) is 6.04 Å². The number of nitrogens with zero attached hydrogens (tertiary/aromatic N) is 1. The van der Waals surface area contributed by atoms with Crippen molar-refractivity contribution in [1.82, 2.24) is 0 Å². The Hall–Kier alpha value is -1.02. The zero-order valence-corrected chi connectivity index (χ0v) is 11.4. The van der Waals surface area contributed by atoms with Crippen LogP contribution in [-0.4, -0.2) is 31.7 Å². The molecule has 6 heteroatoms. The van der Waals surface area contributed by atoms with Crippen LogP contribution in [0.2, 0.25) is 0 Å². The zero-order chi connectivity index (χ0) is 12.4. The topological polar surface area (TPSA) is 81.6 Å². The van der Waals surface area contributed by atoms with Gasteiger partial charge in [0.2, 0.25) is 5.91 Å². The molecule has 4 N–H and O–H groups in total. The second-order valence-electron chi connectivity index (χ2n) is 3.90. The van der Waals surface area contributed by atoms with Crippen molar-refractivity contribution >= 4 is 39.9 Å². The average Bonchev–Trinajstić information content (AvgIpc) is 2.29. The molecule has 1 aromatic carbocycles. The molecule has 1 aliphatic rings. The molecular formula is C11H14IN3O2. The van der Waals surface area contributed by atoms with Crippen LogP contribution >= 0.6 is 22.6 Å². The molecule has 1 atom stereocenters. The highest BCUT2D eigenvalue weighted by Gasteiger charge is 2.28. The van der Waals surface area contributed by atoms with Crippen LogP contribution in [0.4, 0.5) is 11.4 Å². The average molecular weight is 347 g/mol. The Labute approximate surface area is 113 Å². The Morgan fingerprint density at radius 2 is 2.29 bits per heavy atom. The lowest BCUT2D eigenvalue weighted by atomic mass is 10.1. The van der Waals surface area contributed by atoms with E-state index < -0.39 is 6.04 Å². The first-order valence-corrected chi connectivity index (χ1v) is 6.36. The van der Waals surface area contributed by atoms with E-state index in [9.17, 15) is 4.79 Å². The predicted molar refractivity (Wildman–Crippen MR) is 74.7 cm³/mol. The van der Waals surface area contributed by atoms with Gasteiger partial charge in [0.1, 0.15) is 6.04 Å². The number of ether oxygens (including phenoxy) is 1. The minimum absolute atomic E-state index is 0.343. The zero-order valence-electron chi connectivity index (χ0n) is 9.23. The number of morpholine rings is 1. The Kier molecular flexibility index (Phi) is 3.72. The second kappa shape index (κ2) is 5.09. The van der Waals surface area contributed by atoms with Crippen LogP contribution in [-0.2, 0) is 9.53 Å². The van der Waals surface area contributed by atoms with Crippen LogP contribution in [0.25, 0.3) is 0 Å². The Bertz CT molecular complexity index is 439. The number of primary amides is 1. The lowest BCUT2D eigenvalue weighted by Crippen LogP contribution is -2.52. The van der Waals surface area contributed by atoms with Gasteiger partial charge in [-0.05, 0) is 40.8 Å². The van der Waals surface area contributed by atoms with E-state index in [1.807, 2.05) is 23.1 Å². The minimum Gasteiger partial charge on any atom is -0.399 e. The number of hydrogen-bond donors (Lipinski definition) is 2. The van der Waals surface area contributed by atoms with Gasteiger partial charge in [-0.3, -0.25) is 4.79 Å². The summed E-state index contributed by atoms with van der Waals surface area (Å²) < 4.78 is 6.30. The Balaban J connectivity index is 2.32. The monoisotopic (exact) mass is 347 g/mol. The van der Waals surface area contributed by atoms with E-state index >= 15 is 0 Å². The fraction of sp³-hybridized carbons (Fsp3) is 0.364. The largest absolute Gasteiger partial charge is 0.399 e. The van der Waals surface area contributed by atoms with Crippen LogP contribution in [0, 0.1) is 3.57 Å². The molecule has 1 aromatic rings. The summed E-state index contributed by atoms with van der Waals surface area (Å²) in [6.45, 7) is 1.60. The number of anilines is 2. The lowest BCUT2D eigenvalue weighted by molar-refractivity contribution is -0.121. The minimum atomic E-state index is -0.402. The van der Waals surface area contributed by atoms with Gasteiger partial charge in [-0.1, -0.05) is 0 Å². The van der Waals surface area contributed by atoms with Crippen LogP contribution in [0.15, 0.2) is 18.2 Å². The van der Waals surface area contributed by atoms with Gasteiger partial charge < -0.3 is 21.1 Å². The summed E-state index contributed by atoms with van der Waals surface area (Å²) in [6.07, 6.45) is 0. The van der Waals surface area contributed by atoms with Crippen molar-refractivity contribution in [3.63, 3.8) is 0 Å². The van der Waals surface area contributed by atoms with Gasteiger partial charge in [0.25, 0.3) is 0 Å². The third kappa shape index (κ3) is 2.63. The Morgan fingerprint density at radius 3 is 2.94 bits per heavy atom. The van der Waals surface area contributed by atoms with E-state index in [2.05, 4.69) is 22.6 Å². The number of amides is 1. The van der Waals surface area contributed by atoms with Crippen molar-refractivity contribution in [1.29, 1.82) is 0 Å². The number of nitrogens with two attached hydrogens (primary N) is 2. The highest BCUT2D eigenvalue weighted by Crippen LogP contribution is 2.27. The predicted octanol–water partition coefficient (Wildman–Crippen LogP) is 0.564. The van der Waals surface area contributed by atoms with Crippen molar-refractivity contribution in [3.05, 3.63) is 21.8 Å². The molecule has 0 bridgehead atoms. The van der Waals surface area contributed by atoms with Gasteiger partial charge in [0.15, 0.2) is 0 Å². The summed E-state index contributed by atoms with van der Waals surface area (Å²) in [4.78, 5) is 13.4. The van der Waals surface area contributed by atoms with Gasteiger partial charge in [0, 0.05) is 15.8 Å². The first kappa shape index (κ1) is 12.4. The normalized spacial score (nSPS) is 20.3. The molecule has 2 rings (SSSR count). The summed E-state index contributed by atoms with van der Waals surface area (Å²) in [7, 11) is 0. The summed E-state index contributed by atoms with van der Waals surface area (Å²) in [5.74, 6) is -0.364. The van der Waals surface area contributed by atoms with Gasteiger partial charge in [-0.25, -0.2) is 0 Å². The number of carbonyl (C=O) groups is 1. The number of rotatable bonds is 2. The van der Waals surface area contributed by atoms with E-state index in [0.717, 1.165) is 9.26 Å². The molecule has 5 nitrogen and oxygen atoms in total. The third-order valence-electron chi connectivity index (χ3n) is 2.74. The molecule has 1 saturated heterocycles. The fourth-order valence-electron chi connectivity index (χ4n) is 1.88. The molecular weight excluding hydrogens is 333 g/mol. The van der Waals surface area contributed by atoms with E-state index in [0.29, 0.717) is 25.4 Å². The summed E-state index contributed by atoms with van der Waals surface area (Å²) in [5.41, 5.74) is 12.8. The quantitative estimate of drug-likeness (QED) is 0.605. The van der Waals surface area contributed by atoms with Crippen LogP contribution in [0.3, 0.4) is 0 Å². The Morgan fingerprint density at radius 1 is 1.53 bits per heavy atom. The molecule has 17 heavy (non-hydrogen) atoms. The first-order valence-electron chi connectivity index (χ1n) is 5.28. The molecule has 0 spiro atoms. The number of carbonyl (C=O) groups excluding carboxylic acids is 1. The SMILES string of the molecule is NC(=O)C1COCCN1c1ccc(N)cc1I. The molecule has 1 unspecified atom stereocenters. The standard InChI is InChI=1S/C11H14IN3O2/c12-8-5-7(13)1-2-9(8)15-3-4-17-6-10(15)11(14)16/h1-2,5,10H,3-4,6,13H2,(H2,14,16). The molecule has 92 valence electrons. The molecule has 1 amide bonds. The molecule has 0 radical (unpaired) electrons. The highest BCUT2D eigenvalue weighted by atomic mass is 127. The van der Waals surface area contributed by atoms with E-state index in [1.54, 1.807) is 0 Å². The smallest absolute Gasteiger partial charge is 0.242 e. The lowest BCUT2D eigenvalue weighted by Gasteiger charge is -2.36. The van der Waals surface area contributed by atoms with Gasteiger partial charge in [0.05, 0.1) is 18.9 Å². The van der Waals surface area contributed by atoms with Crippen molar-refractivity contribution in [2.24, 2.45) is 5.73 Å². The van der Waals surface area contributed by atoms with Crippen molar-refractivity contribution in [3.8, 4) is 0 Å². The van der Waals surface area contributed by atoms with Gasteiger partial charge in [-0.15, -0.1) is 0 Å². The fourth-order valence-corrected chi connectivity index (χ4v) is 2.73. The van der Waals surface area contributed by atoms with Crippen LogP contribution in [0.5, 0.6) is 0 Å². The maximum atomic E-state index is 11.4. The number of nitrogen functional groups attached to an aromatic ring is 1. The molecule has 0 aliphatic carbocycles. The molecule has 0 saturated carbocycles. The number of benzene rings is 1.